The van der Waals surface area contributed by atoms with Crippen LogP contribution in [0.5, 0.6) is 5.75 Å². The summed E-state index contributed by atoms with van der Waals surface area (Å²) in [6.45, 7) is 0.492. The maximum atomic E-state index is 9.17. The van der Waals surface area contributed by atoms with Crippen LogP contribution < -0.4 is 5.32 Å². The molecule has 2 rings (SSSR count). The third kappa shape index (κ3) is 2.86. The maximum Gasteiger partial charge on any atom is 0.121 e. The molecular formula is C13H12N2O2. The van der Waals surface area contributed by atoms with Crippen LogP contribution in [0, 0.1) is 11.3 Å². The number of nitriles is 1. The van der Waals surface area contributed by atoms with Gasteiger partial charge < -0.3 is 9.52 Å². The highest BCUT2D eigenvalue weighted by molar-refractivity contribution is 5.30. The van der Waals surface area contributed by atoms with E-state index in [2.05, 4.69) is 11.4 Å². The standard InChI is InChI=1S/C13H12N2O2/c14-8-13(10-3-5-11(16)6-4-10)15-9-12-2-1-7-17-12/h1-7,13,15-16H,9H2. The Hall–Kier alpha value is -2.25. The summed E-state index contributed by atoms with van der Waals surface area (Å²) in [6, 6.07) is 12.0. The minimum atomic E-state index is -0.416. The highest BCUT2D eigenvalue weighted by atomic mass is 16.3. The highest BCUT2D eigenvalue weighted by Crippen LogP contribution is 2.16. The Kier molecular flexibility index (Phi) is 3.43. The van der Waals surface area contributed by atoms with E-state index in [0.29, 0.717) is 6.54 Å². The van der Waals surface area contributed by atoms with Gasteiger partial charge in [-0.05, 0) is 29.8 Å². The first-order valence-corrected chi connectivity index (χ1v) is 5.24. The lowest BCUT2D eigenvalue weighted by Gasteiger charge is -2.10. The molecule has 0 bridgehead atoms. The third-order valence-electron chi connectivity index (χ3n) is 2.42. The summed E-state index contributed by atoms with van der Waals surface area (Å²) < 4.78 is 5.17. The van der Waals surface area contributed by atoms with E-state index < -0.39 is 6.04 Å². The van der Waals surface area contributed by atoms with Crippen molar-refractivity contribution in [3.63, 3.8) is 0 Å². The lowest BCUT2D eigenvalue weighted by atomic mass is 10.1. The second-order valence-electron chi connectivity index (χ2n) is 3.61. The molecular weight excluding hydrogens is 216 g/mol. The van der Waals surface area contributed by atoms with Crippen molar-refractivity contribution in [3.05, 3.63) is 54.0 Å². The molecule has 0 saturated heterocycles. The van der Waals surface area contributed by atoms with Crippen molar-refractivity contribution in [2.45, 2.75) is 12.6 Å². The van der Waals surface area contributed by atoms with E-state index in [1.54, 1.807) is 36.6 Å². The summed E-state index contributed by atoms with van der Waals surface area (Å²) in [4.78, 5) is 0. The molecule has 1 unspecified atom stereocenters. The fourth-order valence-corrected chi connectivity index (χ4v) is 1.52. The molecule has 0 fully saturated rings. The maximum absolute atomic E-state index is 9.17. The Balaban J connectivity index is 2.02. The van der Waals surface area contributed by atoms with E-state index >= 15 is 0 Å². The number of nitrogens with zero attached hydrogens (tertiary/aromatic N) is 1. The van der Waals surface area contributed by atoms with Crippen molar-refractivity contribution >= 4 is 0 Å². The minimum Gasteiger partial charge on any atom is -0.508 e. The molecule has 0 aliphatic carbocycles. The predicted octanol–water partition coefficient (Wildman–Crippen LogP) is 2.34. The Morgan fingerprint density at radius 1 is 1.29 bits per heavy atom. The third-order valence-corrected chi connectivity index (χ3v) is 2.42. The van der Waals surface area contributed by atoms with Crippen molar-refractivity contribution in [1.29, 1.82) is 5.26 Å². The Morgan fingerprint density at radius 3 is 2.65 bits per heavy atom. The van der Waals surface area contributed by atoms with Crippen LogP contribution in [0.1, 0.15) is 17.4 Å². The summed E-state index contributed by atoms with van der Waals surface area (Å²) in [5, 5.41) is 21.3. The van der Waals surface area contributed by atoms with Crippen LogP contribution in [0.25, 0.3) is 0 Å². The van der Waals surface area contributed by atoms with Crippen molar-refractivity contribution in [2.75, 3.05) is 0 Å². The number of hydrogen-bond donors (Lipinski definition) is 2. The van der Waals surface area contributed by atoms with Crippen LogP contribution in [-0.4, -0.2) is 5.11 Å². The molecule has 17 heavy (non-hydrogen) atoms. The van der Waals surface area contributed by atoms with Crippen LogP contribution in [0.2, 0.25) is 0 Å². The largest absolute Gasteiger partial charge is 0.508 e. The van der Waals surface area contributed by atoms with Gasteiger partial charge in [0.25, 0.3) is 0 Å². The van der Waals surface area contributed by atoms with Crippen LogP contribution in [-0.2, 0) is 6.54 Å². The van der Waals surface area contributed by atoms with Gasteiger partial charge in [-0.3, -0.25) is 5.32 Å². The average Bonchev–Trinajstić information content (AvgIpc) is 2.85. The lowest BCUT2D eigenvalue weighted by Crippen LogP contribution is -2.19. The first kappa shape index (κ1) is 11.2. The quantitative estimate of drug-likeness (QED) is 0.842. The number of hydrogen-bond acceptors (Lipinski definition) is 4. The number of benzene rings is 1. The van der Waals surface area contributed by atoms with Crippen LogP contribution in [0.4, 0.5) is 0 Å². The number of rotatable bonds is 4. The van der Waals surface area contributed by atoms with Crippen molar-refractivity contribution in [2.24, 2.45) is 0 Å². The Bertz CT molecular complexity index is 497. The number of phenolic OH excluding ortho intramolecular Hbond substituents is 1. The first-order chi connectivity index (χ1) is 8.29. The zero-order chi connectivity index (χ0) is 12.1. The Labute approximate surface area is 99.1 Å². The summed E-state index contributed by atoms with van der Waals surface area (Å²) >= 11 is 0. The molecule has 4 nitrogen and oxygen atoms in total. The van der Waals surface area contributed by atoms with E-state index in [9.17, 15) is 5.11 Å². The molecule has 0 radical (unpaired) electrons. The lowest BCUT2D eigenvalue weighted by molar-refractivity contribution is 0.469. The molecule has 0 aliphatic rings. The van der Waals surface area contributed by atoms with Gasteiger partial charge in [0.2, 0.25) is 0 Å². The fraction of sp³-hybridized carbons (Fsp3) is 0.154. The SMILES string of the molecule is N#CC(NCc1ccco1)c1ccc(O)cc1. The average molecular weight is 228 g/mol. The Morgan fingerprint density at radius 2 is 2.06 bits per heavy atom. The number of phenols is 1. The van der Waals surface area contributed by atoms with E-state index in [4.69, 9.17) is 9.68 Å². The van der Waals surface area contributed by atoms with E-state index in [1.165, 1.54) is 0 Å². The predicted molar refractivity (Wildman–Crippen MR) is 62.0 cm³/mol. The molecule has 1 heterocycles. The normalized spacial score (nSPS) is 11.9. The smallest absolute Gasteiger partial charge is 0.121 e. The van der Waals surface area contributed by atoms with Crippen LogP contribution in [0.3, 0.4) is 0 Å². The zero-order valence-corrected chi connectivity index (χ0v) is 9.13. The van der Waals surface area contributed by atoms with E-state index in [1.807, 2.05) is 6.07 Å². The topological polar surface area (TPSA) is 69.2 Å². The zero-order valence-electron chi connectivity index (χ0n) is 9.13. The van der Waals surface area contributed by atoms with Gasteiger partial charge in [0.15, 0.2) is 0 Å². The molecule has 1 atom stereocenters. The second kappa shape index (κ2) is 5.19. The van der Waals surface area contributed by atoms with Crippen molar-refractivity contribution in [1.82, 2.24) is 5.32 Å². The summed E-state index contributed by atoms with van der Waals surface area (Å²) in [5.41, 5.74) is 0.817. The monoisotopic (exact) mass is 228 g/mol. The van der Waals surface area contributed by atoms with Gasteiger partial charge in [-0.2, -0.15) is 5.26 Å². The molecule has 0 saturated carbocycles. The van der Waals surface area contributed by atoms with Gasteiger partial charge in [0, 0.05) is 0 Å². The molecule has 4 heteroatoms. The van der Waals surface area contributed by atoms with Crippen molar-refractivity contribution in [3.8, 4) is 11.8 Å². The van der Waals surface area contributed by atoms with Crippen LogP contribution in [0.15, 0.2) is 47.1 Å². The first-order valence-electron chi connectivity index (χ1n) is 5.24. The van der Waals surface area contributed by atoms with Gasteiger partial charge in [-0.1, -0.05) is 12.1 Å². The fourth-order valence-electron chi connectivity index (χ4n) is 1.52. The molecule has 0 aliphatic heterocycles. The number of nitrogens with one attached hydrogen (secondary N) is 1. The molecule has 2 aromatic rings. The van der Waals surface area contributed by atoms with Crippen molar-refractivity contribution < 1.29 is 9.52 Å². The minimum absolute atomic E-state index is 0.191. The van der Waals surface area contributed by atoms with E-state index in [-0.39, 0.29) is 5.75 Å². The molecule has 2 N–H and O–H groups in total. The van der Waals surface area contributed by atoms with Gasteiger partial charge in [0.05, 0.1) is 18.9 Å². The van der Waals surface area contributed by atoms with E-state index in [0.717, 1.165) is 11.3 Å². The van der Waals surface area contributed by atoms with Gasteiger partial charge in [-0.25, -0.2) is 0 Å². The molecule has 1 aromatic carbocycles. The second-order valence-corrected chi connectivity index (χ2v) is 3.61. The van der Waals surface area contributed by atoms with Gasteiger partial charge in [-0.15, -0.1) is 0 Å². The van der Waals surface area contributed by atoms with Crippen LogP contribution >= 0.6 is 0 Å². The number of furan rings is 1. The molecule has 0 spiro atoms. The summed E-state index contributed by atoms with van der Waals surface area (Å²) in [6.07, 6.45) is 1.60. The van der Waals surface area contributed by atoms with Gasteiger partial charge >= 0.3 is 0 Å². The molecule has 0 amide bonds. The molecule has 1 aromatic heterocycles. The summed E-state index contributed by atoms with van der Waals surface area (Å²) in [5.74, 6) is 0.973. The molecule has 86 valence electrons. The summed E-state index contributed by atoms with van der Waals surface area (Å²) in [7, 11) is 0. The number of aromatic hydroxyl groups is 1. The highest BCUT2D eigenvalue weighted by Gasteiger charge is 2.10. The van der Waals surface area contributed by atoms with Gasteiger partial charge in [0.1, 0.15) is 17.6 Å².